The molecule has 0 spiro atoms. The zero-order valence-corrected chi connectivity index (χ0v) is 13.2. The summed E-state index contributed by atoms with van der Waals surface area (Å²) in [4.78, 5) is 7.03. The maximum atomic E-state index is 5.59. The largest absolute Gasteiger partial charge is 0.380 e. The minimum Gasteiger partial charge on any atom is -0.380 e. The Balaban J connectivity index is 1.47. The van der Waals surface area contributed by atoms with Gasteiger partial charge in [-0.15, -0.1) is 0 Å². The minimum absolute atomic E-state index is 0.584. The van der Waals surface area contributed by atoms with Gasteiger partial charge in [0.05, 0.1) is 18.7 Å². The fraction of sp³-hybridized carbons (Fsp3) is 0.571. The Bertz CT molecular complexity index is 585. The van der Waals surface area contributed by atoms with E-state index in [9.17, 15) is 0 Å². The van der Waals surface area contributed by atoms with Crippen molar-refractivity contribution in [2.45, 2.75) is 24.3 Å². The molecule has 2 aliphatic rings. The van der Waals surface area contributed by atoms with Crippen molar-refractivity contribution in [3.05, 3.63) is 22.7 Å². The number of rotatable bonds is 3. The van der Waals surface area contributed by atoms with Crippen molar-refractivity contribution >= 4 is 23.1 Å². The minimum atomic E-state index is 0.584. The number of aromatic nitrogens is 2. The highest BCUT2D eigenvalue weighted by molar-refractivity contribution is 8.00. The van der Waals surface area contributed by atoms with Crippen LogP contribution < -0.4 is 0 Å². The summed E-state index contributed by atoms with van der Waals surface area (Å²) in [5.41, 5.74) is 1.01. The first kappa shape index (κ1) is 13.8. The number of ether oxygens (including phenoxy) is 1. The Morgan fingerprint density at radius 3 is 3.33 bits per heavy atom. The molecule has 0 amide bonds. The molecule has 21 heavy (non-hydrogen) atoms. The van der Waals surface area contributed by atoms with Crippen molar-refractivity contribution in [3.63, 3.8) is 0 Å². The van der Waals surface area contributed by atoms with Crippen molar-refractivity contribution in [3.8, 4) is 11.5 Å². The smallest absolute Gasteiger partial charge is 0.258 e. The summed E-state index contributed by atoms with van der Waals surface area (Å²) in [6.45, 7) is 3.60. The lowest BCUT2D eigenvalue weighted by Crippen LogP contribution is -2.51. The van der Waals surface area contributed by atoms with Crippen molar-refractivity contribution < 1.29 is 9.26 Å². The van der Waals surface area contributed by atoms with Gasteiger partial charge in [0.25, 0.3) is 5.89 Å². The van der Waals surface area contributed by atoms with Crippen LogP contribution in [-0.2, 0) is 11.3 Å². The molecule has 0 aliphatic carbocycles. The monoisotopic (exact) mass is 323 g/mol. The molecular formula is C14H17N3O2S2. The van der Waals surface area contributed by atoms with E-state index in [1.807, 2.05) is 28.6 Å². The van der Waals surface area contributed by atoms with Gasteiger partial charge in [-0.1, -0.05) is 5.16 Å². The topological polar surface area (TPSA) is 51.4 Å². The molecule has 0 aromatic carbocycles. The quantitative estimate of drug-likeness (QED) is 0.865. The highest BCUT2D eigenvalue weighted by Crippen LogP contribution is 2.31. The fourth-order valence-electron chi connectivity index (χ4n) is 2.96. The van der Waals surface area contributed by atoms with Crippen LogP contribution in [0, 0.1) is 0 Å². The van der Waals surface area contributed by atoms with E-state index in [4.69, 9.17) is 9.26 Å². The molecule has 0 radical (unpaired) electrons. The zero-order valence-electron chi connectivity index (χ0n) is 11.6. The lowest BCUT2D eigenvalue weighted by atomic mass is 10.1. The summed E-state index contributed by atoms with van der Waals surface area (Å²) in [5, 5.41) is 8.79. The van der Waals surface area contributed by atoms with E-state index in [-0.39, 0.29) is 0 Å². The maximum Gasteiger partial charge on any atom is 0.258 e. The molecule has 2 aliphatic heterocycles. The van der Waals surface area contributed by atoms with Gasteiger partial charge in [-0.25, -0.2) is 0 Å². The molecule has 2 saturated heterocycles. The molecule has 2 aromatic rings. The predicted octanol–water partition coefficient (Wildman–Crippen LogP) is 2.50. The normalized spacial score (nSPS) is 26.7. The standard InChI is InChI=1S/C14H17N3O2S2/c1-4-18-8-12-11(1)17(3-6-21-12)7-13-15-14(19-16-13)10-2-5-20-9-10/h2,5,9,11-12H,1,3-4,6-8H2/t11-,12-/m1/s1. The molecule has 4 heterocycles. The van der Waals surface area contributed by atoms with Crippen LogP contribution in [0.15, 0.2) is 21.3 Å². The first-order valence-corrected chi connectivity index (χ1v) is 9.18. The van der Waals surface area contributed by atoms with Crippen LogP contribution in [0.2, 0.25) is 0 Å². The van der Waals surface area contributed by atoms with E-state index < -0.39 is 0 Å². The lowest BCUT2D eigenvalue weighted by molar-refractivity contribution is 0.0340. The van der Waals surface area contributed by atoms with Crippen LogP contribution in [0.4, 0.5) is 0 Å². The Kier molecular flexibility index (Phi) is 3.98. The third kappa shape index (κ3) is 2.88. The Hall–Kier alpha value is -0.890. The van der Waals surface area contributed by atoms with Crippen molar-refractivity contribution in [1.29, 1.82) is 0 Å². The number of hydrogen-bond donors (Lipinski definition) is 0. The lowest BCUT2D eigenvalue weighted by Gasteiger charge is -2.42. The average molecular weight is 323 g/mol. The van der Waals surface area contributed by atoms with Crippen LogP contribution >= 0.6 is 23.1 Å². The van der Waals surface area contributed by atoms with Crippen LogP contribution in [0.5, 0.6) is 0 Å². The predicted molar refractivity (Wildman–Crippen MR) is 83.5 cm³/mol. The summed E-state index contributed by atoms with van der Waals surface area (Å²) < 4.78 is 11.0. The van der Waals surface area contributed by atoms with E-state index in [1.165, 1.54) is 0 Å². The molecule has 0 N–H and O–H groups in total. The fourth-order valence-corrected chi connectivity index (χ4v) is 4.96. The van der Waals surface area contributed by atoms with Gasteiger partial charge in [-0.2, -0.15) is 28.1 Å². The van der Waals surface area contributed by atoms with Crippen LogP contribution in [0.1, 0.15) is 12.2 Å². The number of hydrogen-bond acceptors (Lipinski definition) is 7. The van der Waals surface area contributed by atoms with Gasteiger partial charge in [0.2, 0.25) is 0 Å². The highest BCUT2D eigenvalue weighted by Gasteiger charge is 2.34. The second-order valence-corrected chi connectivity index (χ2v) is 7.47. The van der Waals surface area contributed by atoms with Gasteiger partial charge in [-0.05, 0) is 17.9 Å². The van der Waals surface area contributed by atoms with E-state index in [0.717, 1.165) is 49.9 Å². The second kappa shape index (κ2) is 6.08. The number of nitrogens with zero attached hydrogens (tertiary/aromatic N) is 3. The van der Waals surface area contributed by atoms with Crippen LogP contribution in [0.3, 0.4) is 0 Å². The molecule has 5 nitrogen and oxygen atoms in total. The number of thiophene rings is 1. The summed E-state index contributed by atoms with van der Waals surface area (Å²) in [6.07, 6.45) is 1.10. The molecule has 2 aromatic heterocycles. The first-order valence-electron chi connectivity index (χ1n) is 7.19. The third-order valence-corrected chi connectivity index (χ3v) is 6.01. The van der Waals surface area contributed by atoms with Gasteiger partial charge < -0.3 is 9.26 Å². The van der Waals surface area contributed by atoms with E-state index >= 15 is 0 Å². The Labute approximate surface area is 131 Å². The van der Waals surface area contributed by atoms with Gasteiger partial charge in [-0.3, -0.25) is 4.90 Å². The second-order valence-electron chi connectivity index (χ2n) is 5.34. The summed E-state index contributed by atoms with van der Waals surface area (Å²) in [5.74, 6) is 2.56. The van der Waals surface area contributed by atoms with Gasteiger partial charge in [0.15, 0.2) is 5.82 Å². The van der Waals surface area contributed by atoms with Gasteiger partial charge >= 0.3 is 0 Å². The summed E-state index contributed by atoms with van der Waals surface area (Å²) >= 11 is 3.67. The van der Waals surface area contributed by atoms with Crippen molar-refractivity contribution in [2.24, 2.45) is 0 Å². The van der Waals surface area contributed by atoms with E-state index in [0.29, 0.717) is 17.2 Å². The molecule has 0 unspecified atom stereocenters. The van der Waals surface area contributed by atoms with E-state index in [1.54, 1.807) is 11.3 Å². The highest BCUT2D eigenvalue weighted by atomic mass is 32.2. The molecule has 0 bridgehead atoms. The molecule has 2 fully saturated rings. The van der Waals surface area contributed by atoms with E-state index in [2.05, 4.69) is 15.0 Å². The number of fused-ring (bicyclic) bond motifs is 1. The summed E-state index contributed by atoms with van der Waals surface area (Å²) in [7, 11) is 0. The van der Waals surface area contributed by atoms with Gasteiger partial charge in [0.1, 0.15) is 0 Å². The molecule has 112 valence electrons. The Morgan fingerprint density at radius 2 is 2.43 bits per heavy atom. The molecule has 4 rings (SSSR count). The zero-order chi connectivity index (χ0) is 14.1. The van der Waals surface area contributed by atoms with Crippen LogP contribution in [-0.4, -0.2) is 51.8 Å². The van der Waals surface area contributed by atoms with Gasteiger partial charge in [0, 0.05) is 35.6 Å². The van der Waals surface area contributed by atoms with Crippen LogP contribution in [0.25, 0.3) is 11.5 Å². The Morgan fingerprint density at radius 1 is 1.43 bits per heavy atom. The molecule has 7 heteroatoms. The molecular weight excluding hydrogens is 306 g/mol. The van der Waals surface area contributed by atoms with Crippen molar-refractivity contribution in [1.82, 2.24) is 15.0 Å². The summed E-state index contributed by atoms with van der Waals surface area (Å²) in [6, 6.07) is 2.59. The number of thioether (sulfide) groups is 1. The molecule has 0 saturated carbocycles. The SMILES string of the molecule is c1cc(-c2nc(CN3CCS[C@@H]4COCC[C@H]43)no2)cs1. The first-order chi connectivity index (χ1) is 10.4. The molecule has 2 atom stereocenters. The van der Waals surface area contributed by atoms with Crippen molar-refractivity contribution in [2.75, 3.05) is 25.5 Å². The third-order valence-electron chi connectivity index (χ3n) is 4.03. The average Bonchev–Trinajstić information content (AvgIpc) is 3.18. The maximum absolute atomic E-state index is 5.59.